The van der Waals surface area contributed by atoms with Crippen molar-refractivity contribution in [2.75, 3.05) is 7.11 Å². The van der Waals surface area contributed by atoms with Crippen molar-refractivity contribution in [2.45, 2.75) is 20.8 Å². The molecule has 0 saturated heterocycles. The summed E-state index contributed by atoms with van der Waals surface area (Å²) in [4.78, 5) is 22.2. The first kappa shape index (κ1) is 12.2. The molecule has 2 aromatic rings. The minimum Gasteiger partial charge on any atom is -0.464 e. The van der Waals surface area contributed by atoms with E-state index < -0.39 is 5.97 Å². The van der Waals surface area contributed by atoms with Gasteiger partial charge >= 0.3 is 5.97 Å². The van der Waals surface area contributed by atoms with Crippen molar-refractivity contribution >= 4 is 17.0 Å². The van der Waals surface area contributed by atoms with Gasteiger partial charge in [-0.2, -0.15) is 0 Å². The molecule has 16 heavy (non-hydrogen) atoms. The first-order valence-electron chi connectivity index (χ1n) is 5.11. The number of rotatable bonds is 1. The van der Waals surface area contributed by atoms with Gasteiger partial charge in [0.25, 0.3) is 0 Å². The van der Waals surface area contributed by atoms with Crippen LogP contribution in [0.4, 0.5) is 0 Å². The molecule has 2 rings (SSSR count). The second kappa shape index (κ2) is 5.25. The number of aromatic amines is 1. The Labute approximate surface area is 93.9 Å². The predicted molar refractivity (Wildman–Crippen MR) is 61.3 cm³/mol. The Kier molecular flexibility index (Phi) is 3.99. The van der Waals surface area contributed by atoms with Crippen LogP contribution >= 0.6 is 0 Å². The molecule has 0 amide bonds. The van der Waals surface area contributed by atoms with Gasteiger partial charge in [-0.15, -0.1) is 0 Å². The molecule has 0 atom stereocenters. The second-order valence-electron chi connectivity index (χ2n) is 2.91. The molecule has 2 aromatic heterocycles. The van der Waals surface area contributed by atoms with E-state index in [0.717, 1.165) is 10.9 Å². The number of carbonyl (C=O) groups is 1. The Hall–Kier alpha value is -1.91. The first-order chi connectivity index (χ1) is 7.74. The SMILES string of the molecule is CC.COC(=O)c1ncnc2[nH]cc(C)c12. The van der Waals surface area contributed by atoms with Crippen molar-refractivity contribution in [3.8, 4) is 0 Å². The minimum atomic E-state index is -0.444. The van der Waals surface area contributed by atoms with Gasteiger partial charge < -0.3 is 9.72 Å². The highest BCUT2D eigenvalue weighted by molar-refractivity contribution is 6.01. The van der Waals surface area contributed by atoms with Crippen LogP contribution < -0.4 is 0 Å². The van der Waals surface area contributed by atoms with E-state index in [1.54, 1.807) is 6.20 Å². The molecule has 86 valence electrons. The molecular weight excluding hydrogens is 206 g/mol. The van der Waals surface area contributed by atoms with Gasteiger partial charge in [0.1, 0.15) is 12.0 Å². The molecule has 0 bridgehead atoms. The zero-order valence-electron chi connectivity index (χ0n) is 9.87. The molecule has 1 N–H and O–H groups in total. The molecule has 5 heteroatoms. The zero-order valence-corrected chi connectivity index (χ0v) is 9.87. The third-order valence-electron chi connectivity index (χ3n) is 2.05. The maximum absolute atomic E-state index is 11.4. The molecule has 5 nitrogen and oxygen atoms in total. The lowest BCUT2D eigenvalue weighted by Crippen LogP contribution is -2.05. The zero-order chi connectivity index (χ0) is 12.1. The summed E-state index contributed by atoms with van der Waals surface area (Å²) in [5.41, 5.74) is 1.88. The largest absolute Gasteiger partial charge is 0.464 e. The number of carbonyl (C=O) groups excluding carboxylic acids is 1. The minimum absolute atomic E-state index is 0.302. The van der Waals surface area contributed by atoms with E-state index in [4.69, 9.17) is 0 Å². The van der Waals surface area contributed by atoms with Crippen molar-refractivity contribution in [1.82, 2.24) is 15.0 Å². The van der Waals surface area contributed by atoms with Crippen LogP contribution in [0.1, 0.15) is 29.9 Å². The molecule has 0 unspecified atom stereocenters. The number of hydrogen-bond donors (Lipinski definition) is 1. The average molecular weight is 221 g/mol. The fraction of sp³-hybridized carbons (Fsp3) is 0.364. The van der Waals surface area contributed by atoms with Crippen molar-refractivity contribution < 1.29 is 9.53 Å². The number of nitrogens with zero attached hydrogens (tertiary/aromatic N) is 2. The third-order valence-corrected chi connectivity index (χ3v) is 2.05. The highest BCUT2D eigenvalue weighted by Crippen LogP contribution is 2.18. The van der Waals surface area contributed by atoms with Crippen molar-refractivity contribution in [3.63, 3.8) is 0 Å². The van der Waals surface area contributed by atoms with Crippen LogP contribution in [0.25, 0.3) is 11.0 Å². The summed E-state index contributed by atoms with van der Waals surface area (Å²) >= 11 is 0. The summed E-state index contributed by atoms with van der Waals surface area (Å²) in [6.07, 6.45) is 3.12. The lowest BCUT2D eigenvalue weighted by Gasteiger charge is -1.99. The highest BCUT2D eigenvalue weighted by Gasteiger charge is 2.15. The number of esters is 1. The number of aromatic nitrogens is 3. The van der Waals surface area contributed by atoms with Gasteiger partial charge in [0.15, 0.2) is 5.69 Å². The monoisotopic (exact) mass is 221 g/mol. The summed E-state index contributed by atoms with van der Waals surface area (Å²) in [6, 6.07) is 0. The van der Waals surface area contributed by atoms with Crippen LogP contribution in [0, 0.1) is 6.92 Å². The van der Waals surface area contributed by atoms with E-state index in [1.165, 1.54) is 13.4 Å². The normalized spacial score (nSPS) is 9.50. The van der Waals surface area contributed by atoms with Gasteiger partial charge in [-0.3, -0.25) is 0 Å². The molecule has 0 aliphatic rings. The van der Waals surface area contributed by atoms with E-state index in [9.17, 15) is 4.79 Å². The second-order valence-corrected chi connectivity index (χ2v) is 2.91. The molecule has 0 aliphatic carbocycles. The van der Waals surface area contributed by atoms with Crippen LogP contribution in [-0.4, -0.2) is 28.0 Å². The van der Waals surface area contributed by atoms with Gasteiger partial charge in [0.05, 0.1) is 12.5 Å². The smallest absolute Gasteiger partial charge is 0.357 e. The summed E-state index contributed by atoms with van der Waals surface area (Å²) < 4.78 is 4.63. The number of fused-ring (bicyclic) bond motifs is 1. The average Bonchev–Trinajstić information content (AvgIpc) is 2.73. The summed E-state index contributed by atoms with van der Waals surface area (Å²) in [7, 11) is 1.33. The van der Waals surface area contributed by atoms with E-state index in [1.807, 2.05) is 20.8 Å². The number of ether oxygens (including phenoxy) is 1. The van der Waals surface area contributed by atoms with Crippen LogP contribution in [0.5, 0.6) is 0 Å². The molecule has 0 radical (unpaired) electrons. The Morgan fingerprint density at radius 3 is 2.69 bits per heavy atom. The van der Waals surface area contributed by atoms with Gasteiger partial charge in [0.2, 0.25) is 0 Å². The maximum Gasteiger partial charge on any atom is 0.357 e. The number of methoxy groups -OCH3 is 1. The maximum atomic E-state index is 11.4. The molecular formula is C11H15N3O2. The van der Waals surface area contributed by atoms with E-state index in [-0.39, 0.29) is 0 Å². The van der Waals surface area contributed by atoms with E-state index in [2.05, 4.69) is 19.7 Å². The highest BCUT2D eigenvalue weighted by atomic mass is 16.5. The number of aryl methyl sites for hydroxylation is 1. The molecule has 0 aromatic carbocycles. The van der Waals surface area contributed by atoms with Gasteiger partial charge in [-0.05, 0) is 12.5 Å². The topological polar surface area (TPSA) is 67.9 Å². The van der Waals surface area contributed by atoms with E-state index in [0.29, 0.717) is 11.3 Å². The van der Waals surface area contributed by atoms with Crippen LogP contribution in [0.15, 0.2) is 12.5 Å². The van der Waals surface area contributed by atoms with Crippen molar-refractivity contribution in [2.24, 2.45) is 0 Å². The third kappa shape index (κ3) is 2.03. The quantitative estimate of drug-likeness (QED) is 0.748. The fourth-order valence-corrected chi connectivity index (χ4v) is 1.37. The lowest BCUT2D eigenvalue weighted by atomic mass is 10.2. The molecule has 0 saturated carbocycles. The van der Waals surface area contributed by atoms with Gasteiger partial charge in [0, 0.05) is 6.20 Å². The Balaban J connectivity index is 0.000000606. The van der Waals surface area contributed by atoms with Crippen molar-refractivity contribution in [3.05, 3.63) is 23.8 Å². The Bertz CT molecular complexity index is 491. The number of H-pyrrole nitrogens is 1. The first-order valence-corrected chi connectivity index (χ1v) is 5.11. The lowest BCUT2D eigenvalue weighted by molar-refractivity contribution is 0.0596. The molecule has 0 aliphatic heterocycles. The number of nitrogens with one attached hydrogen (secondary N) is 1. The van der Waals surface area contributed by atoms with E-state index >= 15 is 0 Å². The van der Waals surface area contributed by atoms with Gasteiger partial charge in [-0.25, -0.2) is 14.8 Å². The standard InChI is InChI=1S/C9H9N3O2.C2H6/c1-5-3-10-8-6(5)7(9(13)14-2)11-4-12-8;1-2/h3-4H,1-2H3,(H,10,11,12);1-2H3. The Morgan fingerprint density at radius 1 is 1.38 bits per heavy atom. The molecule has 0 spiro atoms. The van der Waals surface area contributed by atoms with Crippen LogP contribution in [0.3, 0.4) is 0 Å². The fourth-order valence-electron chi connectivity index (χ4n) is 1.37. The summed E-state index contributed by atoms with van der Waals surface area (Å²) in [6.45, 7) is 5.88. The van der Waals surface area contributed by atoms with Gasteiger partial charge in [-0.1, -0.05) is 13.8 Å². The number of hydrogen-bond acceptors (Lipinski definition) is 4. The van der Waals surface area contributed by atoms with Crippen LogP contribution in [0.2, 0.25) is 0 Å². The predicted octanol–water partition coefficient (Wildman–Crippen LogP) is 2.08. The molecule has 0 fully saturated rings. The molecule has 2 heterocycles. The summed E-state index contributed by atoms with van der Waals surface area (Å²) in [5.74, 6) is -0.444. The van der Waals surface area contributed by atoms with Crippen molar-refractivity contribution in [1.29, 1.82) is 0 Å². The Morgan fingerprint density at radius 2 is 2.06 bits per heavy atom. The van der Waals surface area contributed by atoms with Crippen LogP contribution in [-0.2, 0) is 4.74 Å². The summed E-state index contributed by atoms with van der Waals surface area (Å²) in [5, 5.41) is 0.722.